The van der Waals surface area contributed by atoms with Crippen LogP contribution in [-0.2, 0) is 4.84 Å². The number of benzene rings is 3. The van der Waals surface area contributed by atoms with E-state index >= 15 is 0 Å². The Morgan fingerprint density at radius 2 is 1.32 bits per heavy atom. The quantitative estimate of drug-likeness (QED) is 0.310. The topological polar surface area (TPSA) is 98.9 Å². The minimum Gasteiger partial charge on any atom is -0.312 e. The number of oxime groups is 1. The molecule has 0 saturated carbocycles. The lowest BCUT2D eigenvalue weighted by molar-refractivity contribution is -0.384. The summed E-state index contributed by atoms with van der Waals surface area (Å²) in [7, 11) is 0. The van der Waals surface area contributed by atoms with Crippen molar-refractivity contribution >= 4 is 23.2 Å². The van der Waals surface area contributed by atoms with E-state index in [4.69, 9.17) is 4.84 Å². The van der Waals surface area contributed by atoms with Crippen LogP contribution < -0.4 is 0 Å². The van der Waals surface area contributed by atoms with E-state index in [0.29, 0.717) is 28.0 Å². The Kier molecular flexibility index (Phi) is 4.25. The standard InChI is InChI=1S/C21H12N2O5/c24-20-17-7-3-1-5-15(17)19(16-6-2-4-8-18(16)20)22-28-21(25)13-9-11-14(12-10-13)23(26)27/h1-12H. The van der Waals surface area contributed by atoms with Gasteiger partial charge in [0.25, 0.3) is 5.69 Å². The summed E-state index contributed by atoms with van der Waals surface area (Å²) in [6.07, 6.45) is 0. The molecule has 1 aliphatic carbocycles. The van der Waals surface area contributed by atoms with Gasteiger partial charge in [-0.1, -0.05) is 53.7 Å². The van der Waals surface area contributed by atoms with Gasteiger partial charge in [0.2, 0.25) is 0 Å². The highest BCUT2D eigenvalue weighted by Crippen LogP contribution is 2.27. The van der Waals surface area contributed by atoms with Crippen LogP contribution in [-0.4, -0.2) is 22.4 Å². The van der Waals surface area contributed by atoms with Gasteiger partial charge in [0.1, 0.15) is 5.71 Å². The Labute approximate surface area is 159 Å². The Hall–Kier alpha value is -4.13. The van der Waals surface area contributed by atoms with Gasteiger partial charge in [-0.2, -0.15) is 0 Å². The van der Waals surface area contributed by atoms with Crippen molar-refractivity contribution in [3.05, 3.63) is 111 Å². The molecule has 0 N–H and O–H groups in total. The molecule has 0 amide bonds. The van der Waals surface area contributed by atoms with Crippen molar-refractivity contribution in [3.63, 3.8) is 0 Å². The molecule has 28 heavy (non-hydrogen) atoms. The van der Waals surface area contributed by atoms with Gasteiger partial charge in [-0.25, -0.2) is 4.79 Å². The number of rotatable bonds is 3. The zero-order valence-corrected chi connectivity index (χ0v) is 14.4. The number of hydrogen-bond acceptors (Lipinski definition) is 6. The van der Waals surface area contributed by atoms with Gasteiger partial charge in [0.15, 0.2) is 5.78 Å². The van der Waals surface area contributed by atoms with E-state index in [-0.39, 0.29) is 17.0 Å². The molecule has 4 rings (SSSR count). The number of ketones is 1. The summed E-state index contributed by atoms with van der Waals surface area (Å²) in [5.41, 5.74) is 2.48. The van der Waals surface area contributed by atoms with Gasteiger partial charge in [0.05, 0.1) is 10.5 Å². The largest absolute Gasteiger partial charge is 0.365 e. The van der Waals surface area contributed by atoms with E-state index in [1.807, 2.05) is 0 Å². The maximum Gasteiger partial charge on any atom is 0.365 e. The molecule has 3 aromatic carbocycles. The molecule has 1 aliphatic rings. The Balaban J connectivity index is 1.70. The summed E-state index contributed by atoms with van der Waals surface area (Å²) in [6, 6.07) is 18.9. The van der Waals surface area contributed by atoms with Crippen LogP contribution >= 0.6 is 0 Å². The van der Waals surface area contributed by atoms with Crippen LogP contribution in [0.4, 0.5) is 5.69 Å². The van der Waals surface area contributed by atoms with E-state index in [1.54, 1.807) is 48.5 Å². The molecule has 0 spiro atoms. The fourth-order valence-corrected chi connectivity index (χ4v) is 3.02. The highest BCUT2D eigenvalue weighted by Gasteiger charge is 2.28. The molecule has 0 heterocycles. The maximum atomic E-state index is 12.7. The van der Waals surface area contributed by atoms with Gasteiger partial charge >= 0.3 is 5.97 Å². The zero-order chi connectivity index (χ0) is 19.7. The van der Waals surface area contributed by atoms with E-state index in [2.05, 4.69) is 5.16 Å². The zero-order valence-electron chi connectivity index (χ0n) is 14.4. The highest BCUT2D eigenvalue weighted by molar-refractivity contribution is 6.30. The number of nitro groups is 1. The number of nitro benzene ring substituents is 1. The molecule has 3 aromatic rings. The minimum absolute atomic E-state index is 0.119. The first-order valence-corrected chi connectivity index (χ1v) is 8.33. The van der Waals surface area contributed by atoms with Gasteiger partial charge in [-0.3, -0.25) is 14.9 Å². The second-order valence-corrected chi connectivity index (χ2v) is 6.04. The number of carbonyl (C=O) groups is 2. The molecule has 0 radical (unpaired) electrons. The van der Waals surface area contributed by atoms with E-state index in [9.17, 15) is 19.7 Å². The summed E-state index contributed by atoms with van der Waals surface area (Å²) < 4.78 is 0. The normalized spacial score (nSPS) is 12.0. The summed E-state index contributed by atoms with van der Waals surface area (Å²) >= 11 is 0. The van der Waals surface area contributed by atoms with Crippen LogP contribution in [0.1, 0.15) is 37.4 Å². The number of nitrogens with zero attached hydrogens (tertiary/aromatic N) is 2. The summed E-state index contributed by atoms with van der Waals surface area (Å²) in [5, 5.41) is 14.7. The van der Waals surface area contributed by atoms with Crippen molar-refractivity contribution in [1.29, 1.82) is 0 Å². The van der Waals surface area contributed by atoms with Gasteiger partial charge in [-0.05, 0) is 12.1 Å². The molecular formula is C21H12N2O5. The van der Waals surface area contributed by atoms with Crippen molar-refractivity contribution in [3.8, 4) is 0 Å². The second kappa shape index (κ2) is 6.88. The number of non-ortho nitro benzene ring substituents is 1. The first-order chi connectivity index (χ1) is 13.6. The second-order valence-electron chi connectivity index (χ2n) is 6.04. The summed E-state index contributed by atoms with van der Waals surface area (Å²) in [6.45, 7) is 0. The van der Waals surface area contributed by atoms with Crippen molar-refractivity contribution in [1.82, 2.24) is 0 Å². The fourth-order valence-electron chi connectivity index (χ4n) is 3.02. The van der Waals surface area contributed by atoms with Gasteiger partial charge in [0, 0.05) is 34.4 Å². The first-order valence-electron chi connectivity index (χ1n) is 8.33. The Morgan fingerprint density at radius 3 is 1.82 bits per heavy atom. The van der Waals surface area contributed by atoms with Crippen LogP contribution in [0.25, 0.3) is 0 Å². The molecule has 7 nitrogen and oxygen atoms in total. The van der Waals surface area contributed by atoms with E-state index in [0.717, 1.165) is 0 Å². The van der Waals surface area contributed by atoms with Crippen molar-refractivity contribution in [2.75, 3.05) is 0 Å². The monoisotopic (exact) mass is 372 g/mol. The molecule has 0 aromatic heterocycles. The van der Waals surface area contributed by atoms with Crippen molar-refractivity contribution in [2.45, 2.75) is 0 Å². The lowest BCUT2D eigenvalue weighted by Gasteiger charge is -2.19. The predicted molar refractivity (Wildman–Crippen MR) is 100 cm³/mol. The van der Waals surface area contributed by atoms with Crippen LogP contribution in [0.2, 0.25) is 0 Å². The smallest absolute Gasteiger partial charge is 0.312 e. The maximum absolute atomic E-state index is 12.7. The van der Waals surface area contributed by atoms with Crippen molar-refractivity contribution < 1.29 is 19.3 Å². The average molecular weight is 372 g/mol. The molecule has 0 atom stereocenters. The number of carbonyl (C=O) groups excluding carboxylic acids is 2. The molecule has 0 aliphatic heterocycles. The average Bonchev–Trinajstić information content (AvgIpc) is 2.73. The van der Waals surface area contributed by atoms with Gasteiger partial charge < -0.3 is 4.84 Å². The predicted octanol–water partition coefficient (Wildman–Crippen LogP) is 3.75. The third-order valence-electron chi connectivity index (χ3n) is 4.39. The van der Waals surface area contributed by atoms with Crippen molar-refractivity contribution in [2.24, 2.45) is 5.16 Å². The Bertz CT molecular complexity index is 1100. The SMILES string of the molecule is O=C(ON=C1c2ccccc2C(=O)c2ccccc21)c1ccc([N+](=O)[O-])cc1. The van der Waals surface area contributed by atoms with Crippen LogP contribution in [0.15, 0.2) is 78.0 Å². The van der Waals surface area contributed by atoms with Crippen LogP contribution in [0.3, 0.4) is 0 Å². The highest BCUT2D eigenvalue weighted by atomic mass is 16.7. The number of fused-ring (bicyclic) bond motifs is 2. The molecule has 0 saturated heterocycles. The first kappa shape index (κ1) is 17.3. The third-order valence-corrected chi connectivity index (χ3v) is 4.39. The van der Waals surface area contributed by atoms with Gasteiger partial charge in [-0.15, -0.1) is 0 Å². The molecule has 0 bridgehead atoms. The minimum atomic E-state index is -0.755. The Morgan fingerprint density at radius 1 is 0.821 bits per heavy atom. The summed E-state index contributed by atoms with van der Waals surface area (Å²) in [5.74, 6) is -0.874. The molecule has 136 valence electrons. The number of hydrogen-bond donors (Lipinski definition) is 0. The van der Waals surface area contributed by atoms with Crippen LogP contribution in [0, 0.1) is 10.1 Å². The molecular weight excluding hydrogens is 360 g/mol. The lowest BCUT2D eigenvalue weighted by atomic mass is 9.84. The summed E-state index contributed by atoms with van der Waals surface area (Å²) in [4.78, 5) is 40.2. The van der Waals surface area contributed by atoms with E-state index in [1.165, 1.54) is 24.3 Å². The van der Waals surface area contributed by atoms with Crippen LogP contribution in [0.5, 0.6) is 0 Å². The third kappa shape index (κ3) is 2.95. The molecule has 7 heteroatoms. The van der Waals surface area contributed by atoms with E-state index < -0.39 is 10.9 Å². The molecule has 0 unspecified atom stereocenters. The molecule has 0 fully saturated rings. The lowest BCUT2D eigenvalue weighted by Crippen LogP contribution is -2.22. The fraction of sp³-hybridized carbons (Fsp3) is 0.